The first kappa shape index (κ1) is 13.4. The predicted molar refractivity (Wildman–Crippen MR) is 77.0 cm³/mol. The SMILES string of the molecule is Cc1cc(Cl)nc2c(C(=O)NC(C)(C)C3CC3)cnn12. The van der Waals surface area contributed by atoms with Gasteiger partial charge in [0, 0.05) is 11.2 Å². The van der Waals surface area contributed by atoms with Crippen molar-refractivity contribution in [3.8, 4) is 0 Å². The molecule has 0 aromatic carbocycles. The molecule has 1 saturated carbocycles. The van der Waals surface area contributed by atoms with Gasteiger partial charge >= 0.3 is 0 Å². The van der Waals surface area contributed by atoms with Crippen molar-refractivity contribution >= 4 is 23.2 Å². The summed E-state index contributed by atoms with van der Waals surface area (Å²) in [6.45, 7) is 5.99. The van der Waals surface area contributed by atoms with E-state index >= 15 is 0 Å². The number of aryl methyl sites for hydroxylation is 1. The van der Waals surface area contributed by atoms with Crippen molar-refractivity contribution in [2.45, 2.75) is 39.2 Å². The maximum absolute atomic E-state index is 12.4. The van der Waals surface area contributed by atoms with Crippen molar-refractivity contribution in [1.29, 1.82) is 0 Å². The van der Waals surface area contributed by atoms with E-state index in [1.54, 1.807) is 16.8 Å². The molecule has 3 rings (SSSR count). The smallest absolute Gasteiger partial charge is 0.257 e. The number of rotatable bonds is 3. The summed E-state index contributed by atoms with van der Waals surface area (Å²) >= 11 is 5.97. The van der Waals surface area contributed by atoms with Crippen molar-refractivity contribution in [1.82, 2.24) is 19.9 Å². The van der Waals surface area contributed by atoms with Crippen molar-refractivity contribution in [3.63, 3.8) is 0 Å². The highest BCUT2D eigenvalue weighted by Gasteiger charge is 2.39. The maximum Gasteiger partial charge on any atom is 0.257 e. The molecule has 2 heterocycles. The molecule has 0 atom stereocenters. The Morgan fingerprint density at radius 2 is 2.20 bits per heavy atom. The number of carbonyl (C=O) groups excluding carboxylic acids is 1. The van der Waals surface area contributed by atoms with Crippen LogP contribution < -0.4 is 5.32 Å². The topological polar surface area (TPSA) is 59.3 Å². The van der Waals surface area contributed by atoms with Gasteiger partial charge in [-0.15, -0.1) is 0 Å². The van der Waals surface area contributed by atoms with Gasteiger partial charge in [-0.2, -0.15) is 5.10 Å². The molecule has 1 N–H and O–H groups in total. The summed E-state index contributed by atoms with van der Waals surface area (Å²) in [5, 5.41) is 7.65. The zero-order valence-corrected chi connectivity index (χ0v) is 12.5. The van der Waals surface area contributed by atoms with Gasteiger partial charge in [-0.05, 0) is 45.6 Å². The lowest BCUT2D eigenvalue weighted by Crippen LogP contribution is -2.45. The number of nitrogens with zero attached hydrogens (tertiary/aromatic N) is 3. The largest absolute Gasteiger partial charge is 0.347 e. The Hall–Kier alpha value is -1.62. The summed E-state index contributed by atoms with van der Waals surface area (Å²) in [5.41, 5.74) is 1.61. The highest BCUT2D eigenvalue weighted by atomic mass is 35.5. The van der Waals surface area contributed by atoms with E-state index < -0.39 is 0 Å². The van der Waals surface area contributed by atoms with E-state index in [1.807, 2.05) is 6.92 Å². The Labute approximate surface area is 122 Å². The lowest BCUT2D eigenvalue weighted by Gasteiger charge is -2.25. The minimum atomic E-state index is -0.195. The van der Waals surface area contributed by atoms with Crippen molar-refractivity contribution in [2.75, 3.05) is 0 Å². The molecule has 2 aromatic heterocycles. The lowest BCUT2D eigenvalue weighted by atomic mass is 9.98. The molecular weight excluding hydrogens is 276 g/mol. The van der Waals surface area contributed by atoms with Crippen LogP contribution in [0.2, 0.25) is 5.15 Å². The number of hydrogen-bond acceptors (Lipinski definition) is 3. The van der Waals surface area contributed by atoms with Gasteiger partial charge in [0.2, 0.25) is 0 Å². The molecule has 0 aliphatic heterocycles. The molecule has 0 bridgehead atoms. The quantitative estimate of drug-likeness (QED) is 0.885. The minimum absolute atomic E-state index is 0.147. The first-order valence-corrected chi connectivity index (χ1v) is 7.09. The van der Waals surface area contributed by atoms with Gasteiger partial charge in [-0.1, -0.05) is 11.6 Å². The molecule has 1 fully saturated rings. The molecule has 5 nitrogen and oxygen atoms in total. The summed E-state index contributed by atoms with van der Waals surface area (Å²) in [7, 11) is 0. The first-order valence-electron chi connectivity index (χ1n) is 6.72. The van der Waals surface area contributed by atoms with Gasteiger partial charge in [0.15, 0.2) is 5.65 Å². The average Bonchev–Trinajstić information content (AvgIpc) is 3.10. The molecular formula is C14H17ClN4O. The number of halogens is 1. The van der Waals surface area contributed by atoms with Crippen molar-refractivity contribution < 1.29 is 4.79 Å². The lowest BCUT2D eigenvalue weighted by molar-refractivity contribution is 0.0905. The zero-order valence-electron chi connectivity index (χ0n) is 11.8. The monoisotopic (exact) mass is 292 g/mol. The molecule has 0 radical (unpaired) electrons. The number of carbonyl (C=O) groups is 1. The number of nitrogens with one attached hydrogen (secondary N) is 1. The second-order valence-corrected chi connectivity index (χ2v) is 6.35. The van der Waals surface area contributed by atoms with Crippen LogP contribution in [0.5, 0.6) is 0 Å². The van der Waals surface area contributed by atoms with Gasteiger partial charge in [-0.25, -0.2) is 9.50 Å². The van der Waals surface area contributed by atoms with Crippen LogP contribution in [-0.2, 0) is 0 Å². The Morgan fingerprint density at radius 1 is 1.50 bits per heavy atom. The molecule has 6 heteroatoms. The van der Waals surface area contributed by atoms with Crippen molar-refractivity contribution in [3.05, 3.63) is 28.7 Å². The highest BCUT2D eigenvalue weighted by molar-refractivity contribution is 6.29. The summed E-state index contributed by atoms with van der Waals surface area (Å²) in [6, 6.07) is 1.72. The van der Waals surface area contributed by atoms with Gasteiger partial charge in [0.05, 0.1) is 6.20 Å². The van der Waals surface area contributed by atoms with E-state index in [9.17, 15) is 4.79 Å². The van der Waals surface area contributed by atoms with Gasteiger partial charge in [0.1, 0.15) is 10.7 Å². The van der Waals surface area contributed by atoms with E-state index in [2.05, 4.69) is 29.2 Å². The molecule has 20 heavy (non-hydrogen) atoms. The molecule has 0 saturated heterocycles. The molecule has 106 valence electrons. The van der Waals surface area contributed by atoms with Crippen LogP contribution in [0.1, 0.15) is 42.7 Å². The van der Waals surface area contributed by atoms with Crippen LogP contribution in [0.25, 0.3) is 5.65 Å². The second kappa shape index (κ2) is 4.45. The number of hydrogen-bond donors (Lipinski definition) is 1. The van der Waals surface area contributed by atoms with Crippen LogP contribution in [-0.4, -0.2) is 26.0 Å². The Kier molecular flexibility index (Phi) is 2.97. The van der Waals surface area contributed by atoms with Crippen LogP contribution in [0.15, 0.2) is 12.3 Å². The third-order valence-corrected chi connectivity index (χ3v) is 4.09. The Morgan fingerprint density at radius 3 is 2.85 bits per heavy atom. The molecule has 1 aliphatic carbocycles. The average molecular weight is 293 g/mol. The summed E-state index contributed by atoms with van der Waals surface area (Å²) in [5.74, 6) is 0.414. The summed E-state index contributed by atoms with van der Waals surface area (Å²) in [4.78, 5) is 16.7. The molecule has 1 aliphatic rings. The fraction of sp³-hybridized carbons (Fsp3) is 0.500. The van der Waals surface area contributed by atoms with Crippen molar-refractivity contribution in [2.24, 2.45) is 5.92 Å². The minimum Gasteiger partial charge on any atom is -0.347 e. The highest BCUT2D eigenvalue weighted by Crippen LogP contribution is 2.39. The fourth-order valence-electron chi connectivity index (χ4n) is 2.50. The van der Waals surface area contributed by atoms with E-state index in [-0.39, 0.29) is 11.4 Å². The number of amides is 1. The van der Waals surface area contributed by atoms with Crippen LogP contribution >= 0.6 is 11.6 Å². The third-order valence-electron chi connectivity index (χ3n) is 3.90. The van der Waals surface area contributed by atoms with Gasteiger partial charge in [-0.3, -0.25) is 4.79 Å². The predicted octanol–water partition coefficient (Wildman–Crippen LogP) is 2.61. The van der Waals surface area contributed by atoms with Gasteiger partial charge in [0.25, 0.3) is 5.91 Å². The molecule has 0 spiro atoms. The van der Waals surface area contributed by atoms with Gasteiger partial charge < -0.3 is 5.32 Å². The van der Waals surface area contributed by atoms with Crippen LogP contribution in [0.3, 0.4) is 0 Å². The third kappa shape index (κ3) is 2.26. The number of fused-ring (bicyclic) bond motifs is 1. The van der Waals surface area contributed by atoms with Crippen LogP contribution in [0, 0.1) is 12.8 Å². The van der Waals surface area contributed by atoms with E-state index in [4.69, 9.17) is 11.6 Å². The Bertz CT molecular complexity index is 688. The fourth-order valence-corrected chi connectivity index (χ4v) is 2.74. The van der Waals surface area contributed by atoms with E-state index in [0.29, 0.717) is 22.3 Å². The standard InChI is InChI=1S/C14H17ClN4O/c1-8-6-11(15)17-12-10(7-16-19(8)12)13(20)18-14(2,3)9-4-5-9/h6-7,9H,4-5H2,1-3H3,(H,18,20). The van der Waals surface area contributed by atoms with Crippen LogP contribution in [0.4, 0.5) is 0 Å². The summed E-state index contributed by atoms with van der Waals surface area (Å²) in [6.07, 6.45) is 3.89. The second-order valence-electron chi connectivity index (χ2n) is 5.96. The molecule has 2 aromatic rings. The zero-order chi connectivity index (χ0) is 14.5. The molecule has 0 unspecified atom stereocenters. The Balaban J connectivity index is 1.95. The first-order chi connectivity index (χ1) is 9.38. The number of aromatic nitrogens is 3. The maximum atomic E-state index is 12.4. The van der Waals surface area contributed by atoms with E-state index in [1.165, 1.54) is 12.8 Å². The van der Waals surface area contributed by atoms with E-state index in [0.717, 1.165) is 5.69 Å². The summed E-state index contributed by atoms with van der Waals surface area (Å²) < 4.78 is 1.63. The molecule has 1 amide bonds. The normalized spacial score (nSPS) is 15.6.